The monoisotopic (exact) mass is 297 g/mol. The highest BCUT2D eigenvalue weighted by Crippen LogP contribution is 2.19. The van der Waals surface area contributed by atoms with E-state index in [1.807, 2.05) is 37.3 Å². The fourth-order valence-electron chi connectivity index (χ4n) is 2.20. The lowest BCUT2D eigenvalue weighted by Crippen LogP contribution is -2.22. The molecule has 0 fully saturated rings. The second-order valence-electron chi connectivity index (χ2n) is 5.18. The number of methoxy groups -OCH3 is 1. The summed E-state index contributed by atoms with van der Waals surface area (Å²) in [6.45, 7) is 4.66. The third-order valence-electron chi connectivity index (χ3n) is 3.51. The van der Waals surface area contributed by atoms with Gasteiger partial charge in [-0.15, -0.1) is 0 Å². The number of hydrogen-bond donors (Lipinski definition) is 2. The van der Waals surface area contributed by atoms with Crippen molar-refractivity contribution in [2.24, 2.45) is 10.7 Å². The van der Waals surface area contributed by atoms with Crippen molar-refractivity contribution in [2.45, 2.75) is 26.8 Å². The highest BCUT2D eigenvalue weighted by Gasteiger charge is 2.01. The quantitative estimate of drug-likeness (QED) is 0.656. The zero-order chi connectivity index (χ0) is 15.9. The van der Waals surface area contributed by atoms with Crippen LogP contribution in [0.15, 0.2) is 47.5 Å². The van der Waals surface area contributed by atoms with E-state index in [2.05, 4.69) is 29.4 Å². The summed E-state index contributed by atoms with van der Waals surface area (Å²) in [5.41, 5.74) is 10.4. The van der Waals surface area contributed by atoms with Gasteiger partial charge in [0.15, 0.2) is 5.96 Å². The number of nitrogens with two attached hydrogens (primary N) is 1. The van der Waals surface area contributed by atoms with E-state index < -0.39 is 0 Å². The van der Waals surface area contributed by atoms with Crippen molar-refractivity contribution in [3.8, 4) is 5.75 Å². The predicted molar refractivity (Wildman–Crippen MR) is 92.5 cm³/mol. The number of hydrogen-bond acceptors (Lipinski definition) is 2. The third-order valence-corrected chi connectivity index (χ3v) is 3.51. The van der Waals surface area contributed by atoms with Crippen molar-refractivity contribution in [1.29, 1.82) is 0 Å². The second kappa shape index (κ2) is 7.50. The topological polar surface area (TPSA) is 59.6 Å². The number of guanidine groups is 1. The van der Waals surface area contributed by atoms with E-state index in [0.29, 0.717) is 12.5 Å². The van der Waals surface area contributed by atoms with Crippen LogP contribution >= 0.6 is 0 Å². The number of aliphatic imine (C=N–C) groups is 1. The van der Waals surface area contributed by atoms with Crippen LogP contribution in [-0.4, -0.2) is 13.1 Å². The van der Waals surface area contributed by atoms with Crippen molar-refractivity contribution in [2.75, 3.05) is 12.4 Å². The molecule has 0 heterocycles. The molecule has 4 nitrogen and oxygen atoms in total. The fraction of sp³-hybridized carbons (Fsp3) is 0.278. The van der Waals surface area contributed by atoms with E-state index in [-0.39, 0.29) is 0 Å². The molecule has 2 aromatic rings. The van der Waals surface area contributed by atoms with Gasteiger partial charge in [0.25, 0.3) is 0 Å². The number of nitrogens with zero attached hydrogens (tertiary/aromatic N) is 1. The molecular formula is C18H23N3O. The Labute approximate surface area is 132 Å². The summed E-state index contributed by atoms with van der Waals surface area (Å²) in [4.78, 5) is 4.38. The molecule has 2 aromatic carbocycles. The Balaban J connectivity index is 2.03. The third kappa shape index (κ3) is 4.25. The molecule has 0 saturated heterocycles. The summed E-state index contributed by atoms with van der Waals surface area (Å²) < 4.78 is 5.32. The Morgan fingerprint density at radius 2 is 2.00 bits per heavy atom. The molecular weight excluding hydrogens is 274 g/mol. The number of anilines is 1. The Morgan fingerprint density at radius 3 is 2.73 bits per heavy atom. The van der Waals surface area contributed by atoms with Crippen molar-refractivity contribution in [1.82, 2.24) is 0 Å². The van der Waals surface area contributed by atoms with Crippen LogP contribution in [0.3, 0.4) is 0 Å². The molecule has 0 amide bonds. The minimum absolute atomic E-state index is 0.410. The minimum Gasteiger partial charge on any atom is -0.496 e. The van der Waals surface area contributed by atoms with Gasteiger partial charge < -0.3 is 15.8 Å². The minimum atomic E-state index is 0.410. The Morgan fingerprint density at radius 1 is 1.18 bits per heavy atom. The molecule has 0 saturated carbocycles. The van der Waals surface area contributed by atoms with Gasteiger partial charge in [0.2, 0.25) is 0 Å². The van der Waals surface area contributed by atoms with Crippen LogP contribution in [0.25, 0.3) is 0 Å². The van der Waals surface area contributed by atoms with Gasteiger partial charge in [-0.05, 0) is 48.2 Å². The zero-order valence-electron chi connectivity index (χ0n) is 13.4. The molecule has 0 aliphatic heterocycles. The van der Waals surface area contributed by atoms with Crippen molar-refractivity contribution in [3.63, 3.8) is 0 Å². The second-order valence-corrected chi connectivity index (χ2v) is 5.18. The molecule has 116 valence electrons. The number of rotatable bonds is 5. The van der Waals surface area contributed by atoms with Gasteiger partial charge in [0, 0.05) is 5.69 Å². The van der Waals surface area contributed by atoms with Crippen molar-refractivity contribution in [3.05, 3.63) is 59.2 Å². The molecule has 0 aromatic heterocycles. The molecule has 3 N–H and O–H groups in total. The summed E-state index contributed by atoms with van der Waals surface area (Å²) >= 11 is 0. The highest BCUT2D eigenvalue weighted by molar-refractivity contribution is 5.92. The Hall–Kier alpha value is -2.49. The zero-order valence-corrected chi connectivity index (χ0v) is 13.4. The molecule has 4 heteroatoms. The lowest BCUT2D eigenvalue weighted by atomic mass is 10.1. The molecule has 0 aliphatic carbocycles. The standard InChI is InChI=1S/C18H23N3O/c1-4-14-6-5-7-16(10-14)21-18(19)20-12-15-9-8-13(2)17(11-15)22-3/h5-11H,4,12H2,1-3H3,(H3,19,20,21). The maximum absolute atomic E-state index is 5.95. The maximum Gasteiger partial charge on any atom is 0.193 e. The van der Waals surface area contributed by atoms with Gasteiger partial charge >= 0.3 is 0 Å². The van der Waals surface area contributed by atoms with E-state index in [1.165, 1.54) is 5.56 Å². The van der Waals surface area contributed by atoms with Gasteiger partial charge in [-0.1, -0.05) is 31.2 Å². The number of benzene rings is 2. The van der Waals surface area contributed by atoms with Gasteiger partial charge in [0.05, 0.1) is 13.7 Å². The van der Waals surface area contributed by atoms with E-state index in [9.17, 15) is 0 Å². The summed E-state index contributed by atoms with van der Waals surface area (Å²) in [6, 6.07) is 14.2. The van der Waals surface area contributed by atoms with Crippen molar-refractivity contribution >= 4 is 11.6 Å². The molecule has 0 bridgehead atoms. The number of ether oxygens (including phenoxy) is 1. The van der Waals surface area contributed by atoms with Crippen LogP contribution in [0.1, 0.15) is 23.6 Å². The van der Waals surface area contributed by atoms with Crippen LogP contribution in [0.2, 0.25) is 0 Å². The summed E-state index contributed by atoms with van der Waals surface area (Å²) in [7, 11) is 1.67. The average Bonchev–Trinajstić information content (AvgIpc) is 2.54. The van der Waals surface area contributed by atoms with E-state index in [0.717, 1.165) is 29.0 Å². The van der Waals surface area contributed by atoms with Crippen LogP contribution in [0.5, 0.6) is 5.75 Å². The van der Waals surface area contributed by atoms with Crippen LogP contribution < -0.4 is 15.8 Å². The van der Waals surface area contributed by atoms with Crippen molar-refractivity contribution < 1.29 is 4.74 Å². The van der Waals surface area contributed by atoms with Gasteiger partial charge in [-0.25, -0.2) is 4.99 Å². The molecule has 22 heavy (non-hydrogen) atoms. The molecule has 2 rings (SSSR count). The summed E-state index contributed by atoms with van der Waals surface area (Å²) in [6.07, 6.45) is 0.996. The average molecular weight is 297 g/mol. The summed E-state index contributed by atoms with van der Waals surface area (Å²) in [5, 5.41) is 3.12. The largest absolute Gasteiger partial charge is 0.496 e. The van der Waals surface area contributed by atoms with Crippen LogP contribution in [0, 0.1) is 6.92 Å². The highest BCUT2D eigenvalue weighted by atomic mass is 16.5. The maximum atomic E-state index is 5.95. The molecule has 0 aliphatic rings. The van der Waals surface area contributed by atoms with Crippen LogP contribution in [0.4, 0.5) is 5.69 Å². The molecule has 0 radical (unpaired) electrons. The lowest BCUT2D eigenvalue weighted by Gasteiger charge is -2.08. The first-order chi connectivity index (χ1) is 10.6. The Kier molecular flexibility index (Phi) is 5.42. The van der Waals surface area contributed by atoms with Gasteiger partial charge in [-0.2, -0.15) is 0 Å². The first-order valence-corrected chi connectivity index (χ1v) is 7.41. The van der Waals surface area contributed by atoms with Crippen LogP contribution in [-0.2, 0) is 13.0 Å². The summed E-state index contributed by atoms with van der Waals surface area (Å²) in [5.74, 6) is 1.28. The molecule has 0 unspecified atom stereocenters. The smallest absolute Gasteiger partial charge is 0.193 e. The molecule has 0 spiro atoms. The number of aryl methyl sites for hydroxylation is 2. The number of nitrogens with one attached hydrogen (secondary N) is 1. The molecule has 0 atom stereocenters. The first-order valence-electron chi connectivity index (χ1n) is 7.41. The fourth-order valence-corrected chi connectivity index (χ4v) is 2.20. The van der Waals surface area contributed by atoms with E-state index >= 15 is 0 Å². The van der Waals surface area contributed by atoms with E-state index in [4.69, 9.17) is 10.5 Å². The predicted octanol–water partition coefficient (Wildman–Crippen LogP) is 3.49. The van der Waals surface area contributed by atoms with Gasteiger partial charge in [0.1, 0.15) is 5.75 Å². The van der Waals surface area contributed by atoms with Gasteiger partial charge in [-0.3, -0.25) is 0 Å². The first kappa shape index (κ1) is 15.9. The van der Waals surface area contributed by atoms with E-state index in [1.54, 1.807) is 7.11 Å². The lowest BCUT2D eigenvalue weighted by molar-refractivity contribution is 0.411. The Bertz CT molecular complexity index is 665. The normalized spacial score (nSPS) is 11.3. The SMILES string of the molecule is CCc1cccc(NC(N)=NCc2ccc(C)c(OC)c2)c1.